The molecule has 1 aliphatic rings. The van der Waals surface area contributed by atoms with E-state index in [1.54, 1.807) is 6.07 Å². The summed E-state index contributed by atoms with van der Waals surface area (Å²) < 4.78 is 34.2. The van der Waals surface area contributed by atoms with Crippen LogP contribution in [0, 0.1) is 0 Å². The van der Waals surface area contributed by atoms with Gasteiger partial charge in [-0.25, -0.2) is 0 Å². The van der Waals surface area contributed by atoms with Gasteiger partial charge in [0.1, 0.15) is 0 Å². The minimum atomic E-state index is -5.04. The van der Waals surface area contributed by atoms with E-state index in [2.05, 4.69) is 26.6 Å². The third kappa shape index (κ3) is 4.82. The number of anilines is 2. The molecular weight excluding hydrogens is 442 g/mol. The van der Waals surface area contributed by atoms with Gasteiger partial charge in [0.05, 0.1) is 11.4 Å². The van der Waals surface area contributed by atoms with E-state index < -0.39 is 39.5 Å². The molecule has 1 heterocycles. The second kappa shape index (κ2) is 7.64. The van der Waals surface area contributed by atoms with Crippen LogP contribution in [0.4, 0.5) is 11.4 Å². The number of halogens is 1. The van der Waals surface area contributed by atoms with Crippen molar-refractivity contribution in [3.8, 4) is 0 Å². The summed E-state index contributed by atoms with van der Waals surface area (Å²) in [5.74, 6) is 0. The molecule has 6 N–H and O–H groups in total. The molecule has 142 valence electrons. The van der Waals surface area contributed by atoms with Crippen LogP contribution in [-0.2, 0) is 25.0 Å². The van der Waals surface area contributed by atoms with Gasteiger partial charge < -0.3 is 39.7 Å². The molecule has 0 radical (unpaired) electrons. The summed E-state index contributed by atoms with van der Waals surface area (Å²) in [6, 6.07) is 3.24. The van der Waals surface area contributed by atoms with Crippen molar-refractivity contribution in [2.24, 2.45) is 0 Å². The van der Waals surface area contributed by atoms with Crippen LogP contribution < -0.4 is 10.6 Å². The lowest BCUT2D eigenvalue weighted by molar-refractivity contribution is -0.00803. The summed E-state index contributed by atoms with van der Waals surface area (Å²) in [5.41, 5.74) is 1.28. The highest BCUT2D eigenvalue weighted by atomic mass is 79.9. The third-order valence-corrected chi connectivity index (χ3v) is 7.91. The number of ether oxygens (including phenoxy) is 2. The fourth-order valence-electron chi connectivity index (χ4n) is 2.55. The summed E-state index contributed by atoms with van der Waals surface area (Å²) in [4.78, 5) is 37.4. The van der Waals surface area contributed by atoms with Gasteiger partial charge in [-0.15, -0.1) is 0 Å². The van der Waals surface area contributed by atoms with Crippen molar-refractivity contribution in [1.29, 1.82) is 0 Å². The monoisotopic (exact) mass is 460 g/mol. The zero-order chi connectivity index (χ0) is 19.0. The molecular formula is C12H19BrN2O8P2. The molecule has 1 aromatic rings. The number of benzene rings is 1. The van der Waals surface area contributed by atoms with E-state index in [9.17, 15) is 28.7 Å². The van der Waals surface area contributed by atoms with Gasteiger partial charge in [0.25, 0.3) is 0 Å². The van der Waals surface area contributed by atoms with Crippen LogP contribution in [-0.4, -0.2) is 51.6 Å². The van der Waals surface area contributed by atoms with E-state index in [1.807, 2.05) is 0 Å². The average molecular weight is 461 g/mol. The van der Waals surface area contributed by atoms with Crippen LogP contribution >= 0.6 is 31.1 Å². The van der Waals surface area contributed by atoms with E-state index in [0.29, 0.717) is 21.4 Å². The zero-order valence-electron chi connectivity index (χ0n) is 13.3. The van der Waals surface area contributed by atoms with Crippen molar-refractivity contribution >= 4 is 42.5 Å². The van der Waals surface area contributed by atoms with Crippen molar-refractivity contribution in [3.05, 3.63) is 22.2 Å². The Morgan fingerprint density at radius 3 is 2.08 bits per heavy atom. The lowest BCUT2D eigenvalue weighted by Gasteiger charge is -2.35. The summed E-state index contributed by atoms with van der Waals surface area (Å²) >= 11 is 3.28. The quantitative estimate of drug-likeness (QED) is 0.343. The van der Waals surface area contributed by atoms with Gasteiger partial charge in [0, 0.05) is 25.1 Å². The second-order valence-corrected chi connectivity index (χ2v) is 10.4. The maximum absolute atomic E-state index is 11.6. The fourth-order valence-corrected chi connectivity index (χ4v) is 5.49. The molecule has 10 nitrogen and oxygen atoms in total. The smallest absolute Gasteiger partial charge is 0.341 e. The molecule has 1 aliphatic heterocycles. The van der Waals surface area contributed by atoms with E-state index >= 15 is 0 Å². The number of nitrogens with one attached hydrogen (secondary N) is 2. The number of rotatable bonds is 6. The maximum atomic E-state index is 11.6. The summed E-state index contributed by atoms with van der Waals surface area (Å²) in [5, 5.41) is 3.93. The Kier molecular flexibility index (Phi) is 6.36. The Bertz CT molecular complexity index is 714. The first-order valence-electron chi connectivity index (χ1n) is 6.99. The number of hydrogen-bond acceptors (Lipinski definition) is 6. The number of methoxy groups -OCH3 is 2. The summed E-state index contributed by atoms with van der Waals surface area (Å²) in [6.45, 7) is 0. The molecule has 2 rings (SSSR count). The van der Waals surface area contributed by atoms with Crippen molar-refractivity contribution in [2.45, 2.75) is 24.3 Å². The van der Waals surface area contributed by atoms with Crippen LogP contribution in [0.25, 0.3) is 0 Å². The highest BCUT2D eigenvalue weighted by Crippen LogP contribution is 2.61. The molecule has 0 fully saturated rings. The van der Waals surface area contributed by atoms with Crippen LogP contribution in [0.3, 0.4) is 0 Å². The predicted octanol–water partition coefficient (Wildman–Crippen LogP) is 1.46. The third-order valence-electron chi connectivity index (χ3n) is 3.73. The molecule has 0 aromatic heterocycles. The number of hydrogen-bond donors (Lipinski definition) is 6. The Morgan fingerprint density at radius 2 is 1.60 bits per heavy atom. The molecule has 0 amide bonds. The minimum Gasteiger partial charge on any atom is -0.357 e. The molecule has 13 heteroatoms. The van der Waals surface area contributed by atoms with Gasteiger partial charge in [-0.05, 0) is 17.7 Å². The van der Waals surface area contributed by atoms with Gasteiger partial charge in [-0.1, -0.05) is 15.9 Å². The van der Waals surface area contributed by atoms with Gasteiger partial charge in [0.15, 0.2) is 17.9 Å². The largest absolute Gasteiger partial charge is 0.357 e. The van der Waals surface area contributed by atoms with Gasteiger partial charge in [0.2, 0.25) is 0 Å². The van der Waals surface area contributed by atoms with Crippen molar-refractivity contribution in [1.82, 2.24) is 0 Å². The van der Waals surface area contributed by atoms with Crippen molar-refractivity contribution in [3.63, 3.8) is 0 Å². The lowest BCUT2D eigenvalue weighted by atomic mass is 10.1. The molecule has 2 atom stereocenters. The highest BCUT2D eigenvalue weighted by Gasteiger charge is 2.44. The maximum Gasteiger partial charge on any atom is 0.341 e. The molecule has 2 unspecified atom stereocenters. The molecule has 1 aromatic carbocycles. The Balaban J connectivity index is 2.48. The van der Waals surface area contributed by atoms with Crippen LogP contribution in [0.15, 0.2) is 16.6 Å². The van der Waals surface area contributed by atoms with Gasteiger partial charge in [-0.3, -0.25) is 9.13 Å². The topological polar surface area (TPSA) is 158 Å². The Morgan fingerprint density at radius 1 is 1.08 bits per heavy atom. The predicted molar refractivity (Wildman–Crippen MR) is 94.6 cm³/mol. The molecule has 0 saturated heterocycles. The number of fused-ring (bicyclic) bond motifs is 1. The first-order valence-corrected chi connectivity index (χ1v) is 11.1. The summed E-state index contributed by atoms with van der Waals surface area (Å²) in [7, 11) is -7.15. The van der Waals surface area contributed by atoms with E-state index in [1.165, 1.54) is 20.3 Å². The van der Waals surface area contributed by atoms with Gasteiger partial charge >= 0.3 is 15.2 Å². The first kappa shape index (κ1) is 20.8. The summed E-state index contributed by atoms with van der Waals surface area (Å²) in [6.07, 6.45) is -1.67. The Labute approximate surface area is 152 Å². The SMILES string of the molecule is COC1Nc2cc(Br)cc(CC(P(=O)(O)O)P(=O)(O)O)c2NC1OC. The molecule has 25 heavy (non-hydrogen) atoms. The van der Waals surface area contributed by atoms with Crippen molar-refractivity contribution < 1.29 is 38.2 Å². The normalized spacial score (nSPS) is 20.8. The molecule has 0 saturated carbocycles. The van der Waals surface area contributed by atoms with Gasteiger partial charge in [-0.2, -0.15) is 0 Å². The Hall–Kier alpha value is -0.480. The van der Waals surface area contributed by atoms with Crippen LogP contribution in [0.2, 0.25) is 0 Å². The van der Waals surface area contributed by atoms with Crippen LogP contribution in [0.1, 0.15) is 5.56 Å². The molecule has 0 bridgehead atoms. The second-order valence-electron chi connectivity index (χ2n) is 5.45. The highest BCUT2D eigenvalue weighted by molar-refractivity contribution is 9.10. The molecule has 0 spiro atoms. The van der Waals surface area contributed by atoms with E-state index in [0.717, 1.165) is 0 Å². The van der Waals surface area contributed by atoms with Crippen molar-refractivity contribution in [2.75, 3.05) is 24.9 Å². The molecule has 0 aliphatic carbocycles. The lowest BCUT2D eigenvalue weighted by Crippen LogP contribution is -2.45. The average Bonchev–Trinajstić information content (AvgIpc) is 2.48. The minimum absolute atomic E-state index is 0.310. The first-order chi connectivity index (χ1) is 11.5. The standard InChI is InChI=1S/C12H19BrN2O8P2/c1-22-11-12(23-2)15-10-6(3-7(13)5-8(10)14-11)4-9(24(16,17)18)25(19,20)21/h3,5,9,11-12,14-15H,4H2,1-2H3,(H2,16,17,18)(H2,19,20,21). The van der Waals surface area contributed by atoms with E-state index in [4.69, 9.17) is 9.47 Å². The van der Waals surface area contributed by atoms with E-state index in [-0.39, 0.29) is 0 Å². The van der Waals surface area contributed by atoms with Crippen LogP contribution in [0.5, 0.6) is 0 Å². The zero-order valence-corrected chi connectivity index (χ0v) is 16.7. The fraction of sp³-hybridized carbons (Fsp3) is 0.500.